The standard InChI is InChI=1S/C22H23N3O4/c1-3-28-18-9-5-7-16(13-18)21-23-22(29-24-21)19-10-11-20(26)25(19)14-15-6-4-8-17(12-15)27-2/h4-9,12-13,19H,3,10-11,14H2,1-2H3. The zero-order chi connectivity index (χ0) is 20.2. The van der Waals surface area contributed by atoms with Gasteiger partial charge in [-0.1, -0.05) is 29.4 Å². The van der Waals surface area contributed by atoms with Gasteiger partial charge in [-0.15, -0.1) is 0 Å². The molecule has 0 aliphatic carbocycles. The molecule has 29 heavy (non-hydrogen) atoms. The Morgan fingerprint density at radius 3 is 2.83 bits per heavy atom. The number of aromatic nitrogens is 2. The average molecular weight is 393 g/mol. The fourth-order valence-electron chi connectivity index (χ4n) is 3.54. The summed E-state index contributed by atoms with van der Waals surface area (Å²) in [7, 11) is 1.63. The van der Waals surface area contributed by atoms with Crippen molar-refractivity contribution >= 4 is 5.91 Å². The molecule has 1 amide bonds. The van der Waals surface area contributed by atoms with Crippen molar-refractivity contribution in [1.29, 1.82) is 0 Å². The molecule has 150 valence electrons. The SMILES string of the molecule is CCOc1cccc(-c2noc(C3CCC(=O)N3Cc3cccc(OC)c3)n2)c1. The molecule has 2 aromatic carbocycles. The van der Waals surface area contributed by atoms with E-state index < -0.39 is 0 Å². The number of hydrogen-bond acceptors (Lipinski definition) is 6. The Bertz CT molecular complexity index is 1000. The molecule has 1 unspecified atom stereocenters. The Balaban J connectivity index is 1.56. The van der Waals surface area contributed by atoms with Crippen molar-refractivity contribution in [2.24, 2.45) is 0 Å². The molecule has 4 rings (SSSR count). The van der Waals surface area contributed by atoms with Gasteiger partial charge in [-0.05, 0) is 43.2 Å². The van der Waals surface area contributed by atoms with Gasteiger partial charge in [0.25, 0.3) is 0 Å². The summed E-state index contributed by atoms with van der Waals surface area (Å²) in [6.45, 7) is 3.00. The molecule has 1 atom stereocenters. The summed E-state index contributed by atoms with van der Waals surface area (Å²) < 4.78 is 16.4. The predicted octanol–water partition coefficient (Wildman–Crippen LogP) is 4.01. The van der Waals surface area contributed by atoms with Gasteiger partial charge in [-0.3, -0.25) is 4.79 Å². The van der Waals surface area contributed by atoms with Crippen LogP contribution >= 0.6 is 0 Å². The molecule has 1 aromatic heterocycles. The monoisotopic (exact) mass is 393 g/mol. The van der Waals surface area contributed by atoms with Crippen LogP contribution in [0.25, 0.3) is 11.4 Å². The topological polar surface area (TPSA) is 77.7 Å². The van der Waals surface area contributed by atoms with Crippen LogP contribution in [0.3, 0.4) is 0 Å². The lowest BCUT2D eigenvalue weighted by Crippen LogP contribution is -2.27. The average Bonchev–Trinajstić information content (AvgIpc) is 3.36. The lowest BCUT2D eigenvalue weighted by molar-refractivity contribution is -0.130. The fraction of sp³-hybridized carbons (Fsp3) is 0.318. The third-order valence-corrected chi connectivity index (χ3v) is 4.95. The predicted molar refractivity (Wildman–Crippen MR) is 106 cm³/mol. The summed E-state index contributed by atoms with van der Waals surface area (Å²) in [5.41, 5.74) is 1.81. The number of ether oxygens (including phenoxy) is 2. The van der Waals surface area contributed by atoms with E-state index in [0.29, 0.717) is 37.7 Å². The molecule has 0 radical (unpaired) electrons. The number of rotatable bonds is 7. The first-order valence-electron chi connectivity index (χ1n) is 9.67. The first-order chi connectivity index (χ1) is 14.2. The molecule has 3 aromatic rings. The van der Waals surface area contributed by atoms with Crippen molar-refractivity contribution in [2.75, 3.05) is 13.7 Å². The molecule has 1 saturated heterocycles. The summed E-state index contributed by atoms with van der Waals surface area (Å²) in [6, 6.07) is 15.0. The van der Waals surface area contributed by atoms with Crippen LogP contribution in [0, 0.1) is 0 Å². The van der Waals surface area contributed by atoms with E-state index in [-0.39, 0.29) is 11.9 Å². The van der Waals surface area contributed by atoms with Gasteiger partial charge in [0.1, 0.15) is 17.5 Å². The molecule has 7 heteroatoms. The van der Waals surface area contributed by atoms with Crippen LogP contribution in [0.4, 0.5) is 0 Å². The number of amides is 1. The number of carbonyl (C=O) groups is 1. The first-order valence-corrected chi connectivity index (χ1v) is 9.67. The van der Waals surface area contributed by atoms with Crippen LogP contribution in [0.15, 0.2) is 53.1 Å². The van der Waals surface area contributed by atoms with Crippen LogP contribution in [0.2, 0.25) is 0 Å². The zero-order valence-electron chi connectivity index (χ0n) is 16.5. The first kappa shape index (κ1) is 19.0. The Labute approximate surface area is 169 Å². The van der Waals surface area contributed by atoms with Crippen LogP contribution in [-0.4, -0.2) is 34.7 Å². The van der Waals surface area contributed by atoms with E-state index in [0.717, 1.165) is 22.6 Å². The molecular formula is C22H23N3O4. The lowest BCUT2D eigenvalue weighted by atomic mass is 10.1. The van der Waals surface area contributed by atoms with Crippen molar-refractivity contribution in [3.05, 3.63) is 60.0 Å². The van der Waals surface area contributed by atoms with Crippen molar-refractivity contribution in [3.8, 4) is 22.9 Å². The highest BCUT2D eigenvalue weighted by atomic mass is 16.5. The summed E-state index contributed by atoms with van der Waals surface area (Å²) in [6.07, 6.45) is 1.12. The van der Waals surface area contributed by atoms with E-state index in [4.69, 9.17) is 14.0 Å². The molecule has 2 heterocycles. The highest BCUT2D eigenvalue weighted by molar-refractivity contribution is 5.79. The van der Waals surface area contributed by atoms with E-state index in [2.05, 4.69) is 10.1 Å². The van der Waals surface area contributed by atoms with E-state index in [1.807, 2.05) is 55.5 Å². The molecular weight excluding hydrogens is 370 g/mol. The van der Waals surface area contributed by atoms with Gasteiger partial charge in [0.05, 0.1) is 13.7 Å². The summed E-state index contributed by atoms with van der Waals surface area (Å²) in [5, 5.41) is 4.13. The largest absolute Gasteiger partial charge is 0.497 e. The molecule has 1 aliphatic rings. The Morgan fingerprint density at radius 2 is 2.00 bits per heavy atom. The third-order valence-electron chi connectivity index (χ3n) is 4.95. The van der Waals surface area contributed by atoms with Crippen molar-refractivity contribution in [1.82, 2.24) is 15.0 Å². The van der Waals surface area contributed by atoms with Gasteiger partial charge >= 0.3 is 0 Å². The van der Waals surface area contributed by atoms with Gasteiger partial charge < -0.3 is 18.9 Å². The summed E-state index contributed by atoms with van der Waals surface area (Å²) in [4.78, 5) is 18.9. The minimum atomic E-state index is -0.231. The number of hydrogen-bond donors (Lipinski definition) is 0. The van der Waals surface area contributed by atoms with Gasteiger partial charge in [0.15, 0.2) is 0 Å². The maximum Gasteiger partial charge on any atom is 0.249 e. The summed E-state index contributed by atoms with van der Waals surface area (Å²) in [5.74, 6) is 2.54. The Kier molecular flexibility index (Phi) is 5.46. The van der Waals surface area contributed by atoms with E-state index in [9.17, 15) is 4.79 Å². The van der Waals surface area contributed by atoms with Gasteiger partial charge in [0, 0.05) is 18.5 Å². The van der Waals surface area contributed by atoms with Gasteiger partial charge in [0.2, 0.25) is 17.6 Å². The van der Waals surface area contributed by atoms with E-state index in [1.165, 1.54) is 0 Å². The molecule has 0 spiro atoms. The Morgan fingerprint density at radius 1 is 1.17 bits per heavy atom. The Hall–Kier alpha value is -3.35. The number of nitrogens with zero attached hydrogens (tertiary/aromatic N) is 3. The molecule has 7 nitrogen and oxygen atoms in total. The van der Waals surface area contributed by atoms with E-state index in [1.54, 1.807) is 12.0 Å². The second-order valence-electron chi connectivity index (χ2n) is 6.84. The van der Waals surface area contributed by atoms with Crippen molar-refractivity contribution in [3.63, 3.8) is 0 Å². The normalized spacial score (nSPS) is 16.3. The van der Waals surface area contributed by atoms with Crippen molar-refractivity contribution < 1.29 is 18.8 Å². The maximum atomic E-state index is 12.5. The van der Waals surface area contributed by atoms with Crippen LogP contribution < -0.4 is 9.47 Å². The van der Waals surface area contributed by atoms with Crippen LogP contribution in [0.5, 0.6) is 11.5 Å². The molecule has 0 N–H and O–H groups in total. The van der Waals surface area contributed by atoms with E-state index >= 15 is 0 Å². The van der Waals surface area contributed by atoms with Crippen LogP contribution in [-0.2, 0) is 11.3 Å². The smallest absolute Gasteiger partial charge is 0.249 e. The second-order valence-corrected chi connectivity index (χ2v) is 6.84. The highest BCUT2D eigenvalue weighted by Crippen LogP contribution is 2.34. The minimum Gasteiger partial charge on any atom is -0.497 e. The number of likely N-dealkylation sites (tertiary alicyclic amines) is 1. The van der Waals surface area contributed by atoms with Crippen molar-refractivity contribution in [2.45, 2.75) is 32.4 Å². The number of carbonyl (C=O) groups excluding carboxylic acids is 1. The zero-order valence-corrected chi connectivity index (χ0v) is 16.5. The fourth-order valence-corrected chi connectivity index (χ4v) is 3.54. The number of methoxy groups -OCH3 is 1. The lowest BCUT2D eigenvalue weighted by Gasteiger charge is -2.22. The molecule has 1 aliphatic heterocycles. The maximum absolute atomic E-state index is 12.5. The summed E-state index contributed by atoms with van der Waals surface area (Å²) >= 11 is 0. The van der Waals surface area contributed by atoms with Crippen LogP contribution in [0.1, 0.15) is 37.3 Å². The second kappa shape index (κ2) is 8.34. The van der Waals surface area contributed by atoms with Gasteiger partial charge in [-0.25, -0.2) is 0 Å². The number of benzene rings is 2. The highest BCUT2D eigenvalue weighted by Gasteiger charge is 2.36. The molecule has 0 saturated carbocycles. The molecule has 1 fully saturated rings. The minimum absolute atomic E-state index is 0.0795. The molecule has 0 bridgehead atoms. The van der Waals surface area contributed by atoms with Gasteiger partial charge in [-0.2, -0.15) is 4.98 Å². The quantitative estimate of drug-likeness (QED) is 0.604. The third kappa shape index (κ3) is 4.08.